The van der Waals surface area contributed by atoms with E-state index < -0.39 is 17.0 Å². The number of benzene rings is 1. The summed E-state index contributed by atoms with van der Waals surface area (Å²) < 4.78 is 12.1. The number of rotatable bonds is 3. The van der Waals surface area contributed by atoms with Crippen molar-refractivity contribution < 1.29 is 24.5 Å². The Morgan fingerprint density at radius 2 is 1.74 bits per heavy atom. The maximum atomic E-state index is 12.7. The summed E-state index contributed by atoms with van der Waals surface area (Å²) in [6, 6.07) is 8.27. The lowest BCUT2D eigenvalue weighted by molar-refractivity contribution is -0.208. The Kier molecular flexibility index (Phi) is 5.61. The Morgan fingerprint density at radius 3 is 2.42 bits per heavy atom. The Bertz CT molecular complexity index is 1240. The van der Waals surface area contributed by atoms with Gasteiger partial charge in [0.25, 0.3) is 0 Å². The quantitative estimate of drug-likeness (QED) is 0.324. The van der Waals surface area contributed by atoms with E-state index in [9.17, 15) is 15.0 Å². The van der Waals surface area contributed by atoms with E-state index in [0.29, 0.717) is 44.3 Å². The number of allylic oxidation sites excluding steroid dienone is 1. The molecule has 2 N–H and O–H groups in total. The fourth-order valence-electron chi connectivity index (χ4n) is 9.19. The standard InChI is InChI=1S/C33H40O5/c1-3-13-32(36)15-11-26-24-10-14-31(35)20-33(37-17-18-38-33)16-12-27(31)28(24)25(19-30(26,32)2)21-4-6-22(7-5-21)29(34)23-8-9-23/h4-7,23-26,35-36H,8-12,14-20H2,1-2H3/t24?,25?,26?,30-,31+,32-/m0/s1. The number of fused-ring (bicyclic) bond motifs is 4. The van der Waals surface area contributed by atoms with E-state index in [2.05, 4.69) is 30.9 Å². The van der Waals surface area contributed by atoms with Crippen LogP contribution >= 0.6 is 0 Å². The second-order valence-electron chi connectivity index (χ2n) is 13.2. The van der Waals surface area contributed by atoms with E-state index in [0.717, 1.165) is 50.5 Å². The van der Waals surface area contributed by atoms with Gasteiger partial charge in [0.15, 0.2) is 11.6 Å². The maximum Gasteiger partial charge on any atom is 0.171 e. The molecule has 0 radical (unpaired) electrons. The van der Waals surface area contributed by atoms with Gasteiger partial charge in [-0.2, -0.15) is 0 Å². The molecule has 1 aromatic carbocycles. The Balaban J connectivity index is 1.33. The first-order chi connectivity index (χ1) is 18.2. The highest BCUT2D eigenvalue weighted by Crippen LogP contribution is 2.67. The van der Waals surface area contributed by atoms with Crippen LogP contribution in [-0.4, -0.2) is 46.2 Å². The molecule has 5 fully saturated rings. The molecule has 4 saturated carbocycles. The van der Waals surface area contributed by atoms with Gasteiger partial charge in [0.05, 0.1) is 18.8 Å². The van der Waals surface area contributed by atoms with Crippen LogP contribution in [0.1, 0.15) is 99.9 Å². The van der Waals surface area contributed by atoms with Crippen molar-refractivity contribution in [1.82, 2.24) is 0 Å². The van der Waals surface area contributed by atoms with Crippen molar-refractivity contribution in [3.8, 4) is 11.8 Å². The summed E-state index contributed by atoms with van der Waals surface area (Å²) in [5, 5.41) is 24.1. The lowest BCUT2D eigenvalue weighted by Gasteiger charge is -2.57. The SMILES string of the molecule is CC#C[C@]1(O)CCC2C3CC[C@@]4(O)CC5(CCC4=C3C(c3ccc(C(=O)C4CC4)cc3)C[C@@]21C)OCCO5. The molecule has 1 saturated heterocycles. The van der Waals surface area contributed by atoms with Crippen molar-refractivity contribution in [3.63, 3.8) is 0 Å². The Morgan fingerprint density at radius 1 is 1.00 bits per heavy atom. The topological polar surface area (TPSA) is 76.0 Å². The number of ether oxygens (including phenoxy) is 2. The molecule has 6 aliphatic rings. The normalized spacial score (nSPS) is 41.2. The number of carbonyl (C=O) groups is 1. The minimum atomic E-state index is -1.00. The van der Waals surface area contributed by atoms with Crippen molar-refractivity contribution in [2.45, 2.75) is 101 Å². The zero-order valence-corrected chi connectivity index (χ0v) is 22.7. The molecule has 5 heteroatoms. The maximum absolute atomic E-state index is 12.7. The minimum Gasteiger partial charge on any atom is -0.385 e. The summed E-state index contributed by atoms with van der Waals surface area (Å²) in [6.45, 7) is 5.27. The molecule has 5 aliphatic carbocycles. The van der Waals surface area contributed by atoms with Gasteiger partial charge < -0.3 is 19.7 Å². The van der Waals surface area contributed by atoms with Gasteiger partial charge in [0, 0.05) is 35.7 Å². The predicted molar refractivity (Wildman–Crippen MR) is 143 cm³/mol. The van der Waals surface area contributed by atoms with Gasteiger partial charge in [0.2, 0.25) is 0 Å². The molecule has 0 bridgehead atoms. The number of aliphatic hydroxyl groups is 2. The van der Waals surface area contributed by atoms with Crippen molar-refractivity contribution in [3.05, 3.63) is 46.5 Å². The van der Waals surface area contributed by atoms with Crippen molar-refractivity contribution in [2.75, 3.05) is 13.2 Å². The van der Waals surface area contributed by atoms with Crippen LogP contribution in [-0.2, 0) is 9.47 Å². The highest BCUT2D eigenvalue weighted by molar-refractivity contribution is 5.99. The molecule has 6 atom stereocenters. The number of hydrogen-bond donors (Lipinski definition) is 2. The Labute approximate surface area is 226 Å². The van der Waals surface area contributed by atoms with Crippen LogP contribution < -0.4 is 0 Å². The zero-order chi connectivity index (χ0) is 26.3. The first-order valence-corrected chi connectivity index (χ1v) is 14.8. The van der Waals surface area contributed by atoms with E-state index >= 15 is 0 Å². The lowest BCUT2D eigenvalue weighted by atomic mass is 9.49. The fraction of sp³-hybridized carbons (Fsp3) is 0.667. The second kappa shape index (κ2) is 8.51. The van der Waals surface area contributed by atoms with Crippen molar-refractivity contribution in [2.24, 2.45) is 23.2 Å². The van der Waals surface area contributed by atoms with Crippen LogP contribution in [0, 0.1) is 35.0 Å². The smallest absolute Gasteiger partial charge is 0.171 e. The number of carbonyl (C=O) groups excluding carboxylic acids is 1. The molecule has 5 nitrogen and oxygen atoms in total. The molecule has 0 amide bonds. The summed E-state index contributed by atoms with van der Waals surface area (Å²) in [6.07, 6.45) is 8.12. The van der Waals surface area contributed by atoms with Crippen LogP contribution in [0.2, 0.25) is 0 Å². The predicted octanol–water partition coefficient (Wildman–Crippen LogP) is 5.30. The van der Waals surface area contributed by atoms with Crippen LogP contribution in [0.3, 0.4) is 0 Å². The first-order valence-electron chi connectivity index (χ1n) is 14.8. The number of Topliss-reactive ketones (excluding diaryl/α,β-unsaturated/α-hetero) is 1. The van der Waals surface area contributed by atoms with Gasteiger partial charge in [-0.3, -0.25) is 4.79 Å². The van der Waals surface area contributed by atoms with E-state index in [1.165, 1.54) is 16.7 Å². The average molecular weight is 517 g/mol. The van der Waals surface area contributed by atoms with Crippen LogP contribution in [0.15, 0.2) is 35.4 Å². The zero-order valence-electron chi connectivity index (χ0n) is 22.7. The van der Waals surface area contributed by atoms with Gasteiger partial charge in [0.1, 0.15) is 5.60 Å². The first kappa shape index (κ1) is 25.0. The molecular weight excluding hydrogens is 476 g/mol. The highest BCUT2D eigenvalue weighted by Gasteiger charge is 2.64. The molecular formula is C33H40O5. The van der Waals surface area contributed by atoms with E-state index in [4.69, 9.17) is 9.47 Å². The summed E-state index contributed by atoms with van der Waals surface area (Å²) in [4.78, 5) is 12.7. The van der Waals surface area contributed by atoms with Gasteiger partial charge in [-0.05, 0) is 81.3 Å². The van der Waals surface area contributed by atoms with Crippen LogP contribution in [0.4, 0.5) is 0 Å². The molecule has 7 rings (SSSR count). The molecule has 1 aromatic rings. The summed E-state index contributed by atoms with van der Waals surface area (Å²) in [5.74, 6) is 6.80. The molecule has 0 aromatic heterocycles. The molecule has 38 heavy (non-hydrogen) atoms. The largest absolute Gasteiger partial charge is 0.385 e. The molecule has 3 unspecified atom stereocenters. The number of hydrogen-bond acceptors (Lipinski definition) is 5. The lowest BCUT2D eigenvalue weighted by Crippen LogP contribution is -2.55. The van der Waals surface area contributed by atoms with Gasteiger partial charge in [-0.15, -0.1) is 5.92 Å². The van der Waals surface area contributed by atoms with Crippen LogP contribution in [0.25, 0.3) is 0 Å². The fourth-order valence-corrected chi connectivity index (χ4v) is 9.19. The third-order valence-corrected chi connectivity index (χ3v) is 11.3. The van der Waals surface area contributed by atoms with Crippen molar-refractivity contribution >= 4 is 5.78 Å². The minimum absolute atomic E-state index is 0.0795. The molecule has 202 valence electrons. The van der Waals surface area contributed by atoms with E-state index in [1.54, 1.807) is 0 Å². The summed E-state index contributed by atoms with van der Waals surface area (Å²) in [5.41, 5.74) is 2.32. The van der Waals surface area contributed by atoms with E-state index in [1.807, 2.05) is 19.1 Å². The van der Waals surface area contributed by atoms with Crippen LogP contribution in [0.5, 0.6) is 0 Å². The number of ketones is 1. The highest BCUT2D eigenvalue weighted by atomic mass is 16.7. The van der Waals surface area contributed by atoms with Gasteiger partial charge in [-0.1, -0.05) is 42.7 Å². The molecule has 1 heterocycles. The third kappa shape index (κ3) is 3.57. The summed E-state index contributed by atoms with van der Waals surface area (Å²) >= 11 is 0. The monoisotopic (exact) mass is 516 g/mol. The average Bonchev–Trinajstić information content (AvgIpc) is 3.61. The third-order valence-electron chi connectivity index (χ3n) is 11.3. The van der Waals surface area contributed by atoms with Gasteiger partial charge in [-0.25, -0.2) is 0 Å². The van der Waals surface area contributed by atoms with Gasteiger partial charge >= 0.3 is 0 Å². The Hall–Kier alpha value is -1.97. The second-order valence-corrected chi connectivity index (χ2v) is 13.2. The van der Waals surface area contributed by atoms with E-state index in [-0.39, 0.29) is 23.0 Å². The molecule has 1 spiro atoms. The molecule has 1 aliphatic heterocycles. The van der Waals surface area contributed by atoms with Crippen molar-refractivity contribution in [1.29, 1.82) is 0 Å². The summed E-state index contributed by atoms with van der Waals surface area (Å²) in [7, 11) is 0.